The summed E-state index contributed by atoms with van der Waals surface area (Å²) >= 11 is 2.97. The molecule has 1 aromatic rings. The van der Waals surface area contributed by atoms with Gasteiger partial charge in [0.25, 0.3) is 0 Å². The van der Waals surface area contributed by atoms with Gasteiger partial charge in [-0.2, -0.15) is 13.2 Å². The number of hydrogen-bond donors (Lipinski definition) is 0. The third-order valence-electron chi connectivity index (χ3n) is 1.70. The summed E-state index contributed by atoms with van der Waals surface area (Å²) in [4.78, 5) is 10.00. The molecule has 0 amide bonds. The van der Waals surface area contributed by atoms with Crippen LogP contribution in [0.5, 0.6) is 0 Å². The summed E-state index contributed by atoms with van der Waals surface area (Å²) in [6.07, 6.45) is -3.98. The van der Waals surface area contributed by atoms with E-state index in [0.29, 0.717) is 10.8 Å². The van der Waals surface area contributed by atoms with Crippen LogP contribution in [0, 0.1) is 11.8 Å². The first kappa shape index (κ1) is 12.8. The Morgan fingerprint density at radius 1 is 1.38 bits per heavy atom. The molecule has 0 aliphatic heterocycles. The highest BCUT2D eigenvalue weighted by Crippen LogP contribution is 2.33. The fourth-order valence-electron chi connectivity index (χ4n) is 1.05. The standard InChI is InChI=1S/C11H6BrF3O/c12-9-5-4-8(3-1-2-6-16)10(7-9)11(13,14)15/h4-7H,2H2. The second kappa shape index (κ2) is 5.17. The lowest BCUT2D eigenvalue weighted by atomic mass is 10.1. The highest BCUT2D eigenvalue weighted by Gasteiger charge is 2.33. The number of carbonyl (C=O) groups is 1. The molecular formula is C11H6BrF3O. The zero-order valence-electron chi connectivity index (χ0n) is 7.94. The number of halogens is 4. The number of hydrogen-bond acceptors (Lipinski definition) is 1. The van der Waals surface area contributed by atoms with Crippen LogP contribution >= 0.6 is 15.9 Å². The second-order valence-electron chi connectivity index (χ2n) is 2.86. The van der Waals surface area contributed by atoms with Crippen LogP contribution in [0.4, 0.5) is 13.2 Å². The van der Waals surface area contributed by atoms with Crippen molar-refractivity contribution in [1.29, 1.82) is 0 Å². The molecule has 1 rings (SSSR count). The minimum absolute atomic E-state index is 0.0760. The Morgan fingerprint density at radius 3 is 2.62 bits per heavy atom. The average molecular weight is 291 g/mol. The topological polar surface area (TPSA) is 17.1 Å². The number of aldehydes is 1. The molecule has 0 aliphatic carbocycles. The molecule has 0 spiro atoms. The van der Waals surface area contributed by atoms with Gasteiger partial charge in [0.05, 0.1) is 12.0 Å². The summed E-state index contributed by atoms with van der Waals surface area (Å²) in [6.45, 7) is 0. The lowest BCUT2D eigenvalue weighted by molar-refractivity contribution is -0.137. The molecule has 1 nitrogen and oxygen atoms in total. The van der Waals surface area contributed by atoms with Crippen LogP contribution in [0.3, 0.4) is 0 Å². The van der Waals surface area contributed by atoms with Crippen molar-refractivity contribution in [2.75, 3.05) is 0 Å². The van der Waals surface area contributed by atoms with Gasteiger partial charge in [-0.3, -0.25) is 0 Å². The number of alkyl halides is 3. The summed E-state index contributed by atoms with van der Waals surface area (Å²) in [7, 11) is 0. The fourth-order valence-corrected chi connectivity index (χ4v) is 1.41. The molecule has 0 saturated carbocycles. The summed E-state index contributed by atoms with van der Waals surface area (Å²) in [5.74, 6) is 4.68. The van der Waals surface area contributed by atoms with Crippen LogP contribution in [0.1, 0.15) is 17.5 Å². The maximum atomic E-state index is 12.6. The normalized spacial score (nSPS) is 10.5. The summed E-state index contributed by atoms with van der Waals surface area (Å²) in [6, 6.07) is 3.70. The average Bonchev–Trinajstić information content (AvgIpc) is 2.19. The predicted molar refractivity (Wildman–Crippen MR) is 56.7 cm³/mol. The molecule has 5 heteroatoms. The lowest BCUT2D eigenvalue weighted by Gasteiger charge is -2.09. The maximum Gasteiger partial charge on any atom is 0.417 e. The van der Waals surface area contributed by atoms with E-state index in [1.54, 1.807) is 0 Å². The van der Waals surface area contributed by atoms with Crippen LogP contribution in [-0.2, 0) is 11.0 Å². The van der Waals surface area contributed by atoms with E-state index in [2.05, 4.69) is 27.8 Å². The van der Waals surface area contributed by atoms with E-state index in [0.717, 1.165) is 6.07 Å². The molecule has 0 saturated heterocycles. The number of benzene rings is 1. The van der Waals surface area contributed by atoms with Gasteiger partial charge in [0.2, 0.25) is 0 Å². The second-order valence-corrected chi connectivity index (χ2v) is 3.78. The van der Waals surface area contributed by atoms with Crippen molar-refractivity contribution in [3.63, 3.8) is 0 Å². The van der Waals surface area contributed by atoms with Gasteiger partial charge in [0.15, 0.2) is 0 Å². The molecule has 0 atom stereocenters. The van der Waals surface area contributed by atoms with Gasteiger partial charge < -0.3 is 4.79 Å². The molecule has 84 valence electrons. The first-order valence-electron chi connectivity index (χ1n) is 4.24. The Morgan fingerprint density at radius 2 is 2.06 bits per heavy atom. The van der Waals surface area contributed by atoms with E-state index in [1.165, 1.54) is 12.1 Å². The van der Waals surface area contributed by atoms with Crippen molar-refractivity contribution in [1.82, 2.24) is 0 Å². The van der Waals surface area contributed by atoms with Gasteiger partial charge in [-0.15, -0.1) is 0 Å². The SMILES string of the molecule is O=CCC#Cc1ccc(Br)cc1C(F)(F)F. The van der Waals surface area contributed by atoms with E-state index in [1.807, 2.05) is 0 Å². The minimum Gasteiger partial charge on any atom is -0.302 e. The van der Waals surface area contributed by atoms with Gasteiger partial charge in [0.1, 0.15) is 6.29 Å². The van der Waals surface area contributed by atoms with Crippen LogP contribution in [0.15, 0.2) is 22.7 Å². The predicted octanol–water partition coefficient (Wildman–Crippen LogP) is 3.41. The highest BCUT2D eigenvalue weighted by atomic mass is 79.9. The van der Waals surface area contributed by atoms with Crippen LogP contribution < -0.4 is 0 Å². The van der Waals surface area contributed by atoms with Crippen molar-refractivity contribution in [3.05, 3.63) is 33.8 Å². The number of rotatable bonds is 1. The molecular weight excluding hydrogens is 285 g/mol. The molecule has 0 N–H and O–H groups in total. The first-order chi connectivity index (χ1) is 7.45. The Labute approximate surface area is 98.8 Å². The maximum absolute atomic E-state index is 12.6. The lowest BCUT2D eigenvalue weighted by Crippen LogP contribution is -2.07. The summed E-state index contributed by atoms with van der Waals surface area (Å²) in [5, 5.41) is 0. The van der Waals surface area contributed by atoms with Crippen molar-refractivity contribution in [3.8, 4) is 11.8 Å². The third kappa shape index (κ3) is 3.38. The molecule has 0 fully saturated rings. The molecule has 0 bridgehead atoms. The van der Waals surface area contributed by atoms with E-state index < -0.39 is 11.7 Å². The highest BCUT2D eigenvalue weighted by molar-refractivity contribution is 9.10. The third-order valence-corrected chi connectivity index (χ3v) is 2.19. The zero-order valence-corrected chi connectivity index (χ0v) is 9.52. The molecule has 0 radical (unpaired) electrons. The summed E-state index contributed by atoms with van der Waals surface area (Å²) in [5.41, 5.74) is -0.933. The van der Waals surface area contributed by atoms with E-state index in [9.17, 15) is 18.0 Å². The Bertz CT molecular complexity index is 455. The van der Waals surface area contributed by atoms with Crippen LogP contribution in [0.25, 0.3) is 0 Å². The van der Waals surface area contributed by atoms with Crippen LogP contribution in [0.2, 0.25) is 0 Å². The van der Waals surface area contributed by atoms with Gasteiger partial charge in [-0.05, 0) is 18.2 Å². The van der Waals surface area contributed by atoms with Gasteiger partial charge in [-0.25, -0.2) is 0 Å². The van der Waals surface area contributed by atoms with Crippen molar-refractivity contribution in [2.45, 2.75) is 12.6 Å². The van der Waals surface area contributed by atoms with E-state index >= 15 is 0 Å². The smallest absolute Gasteiger partial charge is 0.302 e. The Hall–Kier alpha value is -1.28. The Kier molecular flexibility index (Phi) is 4.13. The monoisotopic (exact) mass is 290 g/mol. The van der Waals surface area contributed by atoms with Crippen molar-refractivity contribution < 1.29 is 18.0 Å². The quantitative estimate of drug-likeness (QED) is 0.572. The molecule has 16 heavy (non-hydrogen) atoms. The largest absolute Gasteiger partial charge is 0.417 e. The molecule has 0 aromatic heterocycles. The first-order valence-corrected chi connectivity index (χ1v) is 5.03. The van der Waals surface area contributed by atoms with Gasteiger partial charge in [0, 0.05) is 10.0 Å². The van der Waals surface area contributed by atoms with Crippen molar-refractivity contribution in [2.24, 2.45) is 0 Å². The fraction of sp³-hybridized carbons (Fsp3) is 0.182. The minimum atomic E-state index is -4.45. The molecule has 0 heterocycles. The molecule has 0 unspecified atom stereocenters. The van der Waals surface area contributed by atoms with Crippen molar-refractivity contribution >= 4 is 22.2 Å². The summed E-state index contributed by atoms with van der Waals surface area (Å²) < 4.78 is 38.1. The number of carbonyl (C=O) groups excluding carboxylic acids is 1. The molecule has 0 aliphatic rings. The van der Waals surface area contributed by atoms with E-state index in [-0.39, 0.29) is 12.0 Å². The zero-order chi connectivity index (χ0) is 12.2. The van der Waals surface area contributed by atoms with Gasteiger partial charge in [-0.1, -0.05) is 27.8 Å². The van der Waals surface area contributed by atoms with Gasteiger partial charge >= 0.3 is 6.18 Å². The Balaban J connectivity index is 3.20. The van der Waals surface area contributed by atoms with Crippen LogP contribution in [-0.4, -0.2) is 6.29 Å². The molecule has 1 aromatic carbocycles. The van der Waals surface area contributed by atoms with E-state index in [4.69, 9.17) is 0 Å².